The van der Waals surface area contributed by atoms with Crippen LogP contribution in [0.5, 0.6) is 0 Å². The Balaban J connectivity index is 1.51. The van der Waals surface area contributed by atoms with E-state index < -0.39 is 0 Å². The second kappa shape index (κ2) is 6.17. The van der Waals surface area contributed by atoms with Crippen LogP contribution in [-0.4, -0.2) is 23.1 Å². The van der Waals surface area contributed by atoms with Crippen LogP contribution in [0, 0.1) is 6.92 Å². The van der Waals surface area contributed by atoms with Crippen molar-refractivity contribution in [3.63, 3.8) is 0 Å². The van der Waals surface area contributed by atoms with Crippen molar-refractivity contribution in [2.45, 2.75) is 32.2 Å². The number of benzene rings is 2. The molecule has 1 aliphatic rings. The van der Waals surface area contributed by atoms with Gasteiger partial charge in [0, 0.05) is 5.56 Å². The van der Waals surface area contributed by atoms with Crippen LogP contribution in [0.4, 0.5) is 0 Å². The summed E-state index contributed by atoms with van der Waals surface area (Å²) in [5, 5.41) is 0. The summed E-state index contributed by atoms with van der Waals surface area (Å²) in [5.41, 5.74) is 5.14. The molecule has 2 N–H and O–H groups in total. The Kier molecular flexibility index (Phi) is 3.88. The molecule has 23 heavy (non-hydrogen) atoms. The lowest BCUT2D eigenvalue weighted by molar-refractivity contribution is -0.920. The summed E-state index contributed by atoms with van der Waals surface area (Å²) >= 11 is 0. The SMILES string of the molecule is Cc1ccccc1C[NH+]1CCC[C@H](c2nc3ccccc3[nH]2)C1. The smallest absolute Gasteiger partial charge is 0.116 e. The standard InChI is InChI=1S/C20H23N3/c1-15-7-2-3-8-16(15)13-23-12-6-9-17(14-23)20-21-18-10-4-5-11-19(18)22-20/h2-5,7-8,10-11,17H,6,9,12-14H2,1H3,(H,21,22)/p+1/t17-/m0/s1. The van der Waals surface area contributed by atoms with Crippen LogP contribution in [0.3, 0.4) is 0 Å². The normalized spacial score (nSPS) is 21.6. The van der Waals surface area contributed by atoms with Crippen molar-refractivity contribution in [2.24, 2.45) is 0 Å². The second-order valence-corrected chi connectivity index (χ2v) is 6.79. The molecule has 1 fully saturated rings. The van der Waals surface area contributed by atoms with E-state index in [4.69, 9.17) is 4.98 Å². The zero-order valence-corrected chi connectivity index (χ0v) is 13.7. The molecule has 0 saturated carbocycles. The molecular weight excluding hydrogens is 282 g/mol. The summed E-state index contributed by atoms with van der Waals surface area (Å²) in [4.78, 5) is 10.0. The zero-order chi connectivity index (χ0) is 15.6. The molecular formula is C20H24N3+. The number of nitrogens with zero attached hydrogens (tertiary/aromatic N) is 1. The first-order valence-corrected chi connectivity index (χ1v) is 8.62. The van der Waals surface area contributed by atoms with E-state index in [0.29, 0.717) is 5.92 Å². The monoisotopic (exact) mass is 306 g/mol. The number of likely N-dealkylation sites (tertiary alicyclic amines) is 1. The third-order valence-electron chi connectivity index (χ3n) is 5.11. The molecule has 0 radical (unpaired) electrons. The first kappa shape index (κ1) is 14.5. The third-order valence-corrected chi connectivity index (χ3v) is 5.11. The van der Waals surface area contributed by atoms with Crippen molar-refractivity contribution >= 4 is 11.0 Å². The lowest BCUT2D eigenvalue weighted by Crippen LogP contribution is -3.12. The molecule has 118 valence electrons. The van der Waals surface area contributed by atoms with Crippen molar-refractivity contribution < 1.29 is 4.90 Å². The van der Waals surface area contributed by atoms with E-state index in [1.807, 2.05) is 0 Å². The molecule has 2 atom stereocenters. The molecule has 1 aromatic heterocycles. The highest BCUT2D eigenvalue weighted by Gasteiger charge is 2.27. The zero-order valence-electron chi connectivity index (χ0n) is 13.7. The van der Waals surface area contributed by atoms with Crippen LogP contribution in [0.1, 0.15) is 35.7 Å². The third kappa shape index (κ3) is 3.02. The number of imidazole rings is 1. The fraction of sp³-hybridized carbons (Fsp3) is 0.350. The maximum Gasteiger partial charge on any atom is 0.116 e. The molecule has 2 heterocycles. The number of aryl methyl sites for hydroxylation is 1. The Morgan fingerprint density at radius 1 is 1.13 bits per heavy atom. The number of quaternary nitrogens is 1. The minimum Gasteiger partial charge on any atom is -0.342 e. The molecule has 3 aromatic rings. The number of para-hydroxylation sites is 2. The number of piperidine rings is 1. The Bertz CT molecular complexity index is 772. The second-order valence-electron chi connectivity index (χ2n) is 6.79. The molecule has 0 aliphatic carbocycles. The van der Waals surface area contributed by atoms with Gasteiger partial charge in [-0.2, -0.15) is 0 Å². The molecule has 1 unspecified atom stereocenters. The van der Waals surface area contributed by atoms with Crippen molar-refractivity contribution in [3.05, 3.63) is 65.5 Å². The van der Waals surface area contributed by atoms with Gasteiger partial charge in [-0.25, -0.2) is 4.98 Å². The molecule has 3 nitrogen and oxygen atoms in total. The number of aromatic nitrogens is 2. The van der Waals surface area contributed by atoms with Gasteiger partial charge in [0.25, 0.3) is 0 Å². The average Bonchev–Trinajstić information content (AvgIpc) is 3.01. The fourth-order valence-electron chi connectivity index (χ4n) is 3.79. The Morgan fingerprint density at radius 2 is 1.96 bits per heavy atom. The topological polar surface area (TPSA) is 33.1 Å². The lowest BCUT2D eigenvalue weighted by atomic mass is 9.96. The summed E-state index contributed by atoms with van der Waals surface area (Å²) in [5.74, 6) is 1.73. The van der Waals surface area contributed by atoms with Crippen LogP contribution in [-0.2, 0) is 6.54 Å². The predicted molar refractivity (Wildman–Crippen MR) is 93.6 cm³/mol. The van der Waals surface area contributed by atoms with E-state index in [-0.39, 0.29) is 0 Å². The lowest BCUT2D eigenvalue weighted by Gasteiger charge is -2.29. The fourth-order valence-corrected chi connectivity index (χ4v) is 3.79. The van der Waals surface area contributed by atoms with Gasteiger partial charge in [0.1, 0.15) is 12.4 Å². The van der Waals surface area contributed by atoms with Gasteiger partial charge in [-0.1, -0.05) is 36.4 Å². The number of H-pyrrole nitrogens is 1. The predicted octanol–water partition coefficient (Wildman–Crippen LogP) is 2.83. The van der Waals surface area contributed by atoms with Crippen LogP contribution in [0.2, 0.25) is 0 Å². The Labute approximate surface area is 137 Å². The summed E-state index contributed by atoms with van der Waals surface area (Å²) in [7, 11) is 0. The summed E-state index contributed by atoms with van der Waals surface area (Å²) in [6.45, 7) is 5.79. The number of aromatic amines is 1. The Hall–Kier alpha value is -2.13. The number of fused-ring (bicyclic) bond motifs is 1. The largest absolute Gasteiger partial charge is 0.342 e. The highest BCUT2D eigenvalue weighted by Crippen LogP contribution is 2.22. The first-order valence-electron chi connectivity index (χ1n) is 8.62. The minimum absolute atomic E-state index is 0.551. The molecule has 0 bridgehead atoms. The Morgan fingerprint density at radius 3 is 2.83 bits per heavy atom. The molecule has 4 rings (SSSR count). The van der Waals surface area contributed by atoms with E-state index in [1.54, 1.807) is 4.90 Å². The van der Waals surface area contributed by atoms with Gasteiger partial charge >= 0.3 is 0 Å². The van der Waals surface area contributed by atoms with Crippen molar-refractivity contribution in [3.8, 4) is 0 Å². The molecule has 3 heteroatoms. The number of hydrogen-bond donors (Lipinski definition) is 2. The van der Waals surface area contributed by atoms with Crippen LogP contribution in [0.25, 0.3) is 11.0 Å². The van der Waals surface area contributed by atoms with Crippen molar-refractivity contribution in [1.29, 1.82) is 0 Å². The maximum absolute atomic E-state index is 4.83. The van der Waals surface area contributed by atoms with Gasteiger partial charge in [0.15, 0.2) is 0 Å². The molecule has 0 amide bonds. The average molecular weight is 306 g/mol. The molecule has 0 spiro atoms. The van der Waals surface area contributed by atoms with Crippen LogP contribution >= 0.6 is 0 Å². The van der Waals surface area contributed by atoms with Gasteiger partial charge in [-0.3, -0.25) is 0 Å². The highest BCUT2D eigenvalue weighted by molar-refractivity contribution is 5.74. The summed E-state index contributed by atoms with van der Waals surface area (Å²) in [6, 6.07) is 17.1. The van der Waals surface area contributed by atoms with E-state index in [9.17, 15) is 0 Å². The van der Waals surface area contributed by atoms with Gasteiger partial charge in [-0.15, -0.1) is 0 Å². The number of rotatable bonds is 3. The maximum atomic E-state index is 4.83. The highest BCUT2D eigenvalue weighted by atomic mass is 15.1. The first-order chi connectivity index (χ1) is 11.3. The van der Waals surface area contributed by atoms with Gasteiger partial charge in [0.2, 0.25) is 0 Å². The van der Waals surface area contributed by atoms with E-state index >= 15 is 0 Å². The van der Waals surface area contributed by atoms with Crippen molar-refractivity contribution in [1.82, 2.24) is 9.97 Å². The van der Waals surface area contributed by atoms with Gasteiger partial charge < -0.3 is 9.88 Å². The van der Waals surface area contributed by atoms with Crippen LogP contribution in [0.15, 0.2) is 48.5 Å². The quantitative estimate of drug-likeness (QED) is 0.766. The van der Waals surface area contributed by atoms with E-state index in [1.165, 1.54) is 42.9 Å². The van der Waals surface area contributed by atoms with E-state index in [2.05, 4.69) is 60.4 Å². The minimum atomic E-state index is 0.551. The molecule has 2 aromatic carbocycles. The van der Waals surface area contributed by atoms with Crippen LogP contribution < -0.4 is 4.90 Å². The van der Waals surface area contributed by atoms with Gasteiger partial charge in [-0.05, 0) is 37.5 Å². The van der Waals surface area contributed by atoms with E-state index in [0.717, 1.165) is 17.6 Å². The summed E-state index contributed by atoms with van der Waals surface area (Å²) < 4.78 is 0. The number of hydrogen-bond acceptors (Lipinski definition) is 1. The summed E-state index contributed by atoms with van der Waals surface area (Å²) in [6.07, 6.45) is 2.53. The van der Waals surface area contributed by atoms with Gasteiger partial charge in [0.05, 0.1) is 30.0 Å². The van der Waals surface area contributed by atoms with Crippen molar-refractivity contribution in [2.75, 3.05) is 13.1 Å². The number of nitrogens with one attached hydrogen (secondary N) is 2. The molecule has 1 aliphatic heterocycles. The molecule has 1 saturated heterocycles.